The van der Waals surface area contributed by atoms with Gasteiger partial charge in [0.15, 0.2) is 0 Å². The van der Waals surface area contributed by atoms with Crippen LogP contribution >= 0.6 is 0 Å². The van der Waals surface area contributed by atoms with Crippen LogP contribution in [0.25, 0.3) is 0 Å². The average Bonchev–Trinajstić information content (AvgIpc) is 3.12. The minimum Gasteiger partial charge on any atom is -0.444 e. The fourth-order valence-corrected chi connectivity index (χ4v) is 2.97. The second kappa shape index (κ2) is 6.13. The topological polar surface area (TPSA) is 60.1 Å². The van der Waals surface area contributed by atoms with Crippen LogP contribution in [-0.4, -0.2) is 43.2 Å². The molecule has 1 N–H and O–H groups in total. The van der Waals surface area contributed by atoms with Crippen molar-refractivity contribution in [3.05, 3.63) is 35.4 Å². The fourth-order valence-electron chi connectivity index (χ4n) is 2.97. The van der Waals surface area contributed by atoms with Crippen LogP contribution < -0.4 is 5.32 Å². The number of nitrogens with one attached hydrogen (secondary N) is 1. The molecule has 4 atom stereocenters. The van der Waals surface area contributed by atoms with E-state index in [0.29, 0.717) is 13.2 Å². The first-order valence-electron chi connectivity index (χ1n) is 8.14. The highest BCUT2D eigenvalue weighted by atomic mass is 16.7. The first-order valence-corrected chi connectivity index (χ1v) is 8.14. The quantitative estimate of drug-likeness (QED) is 0.867. The van der Waals surface area contributed by atoms with Crippen LogP contribution in [-0.2, 0) is 14.2 Å². The lowest BCUT2D eigenvalue weighted by Crippen LogP contribution is -2.38. The van der Waals surface area contributed by atoms with E-state index in [9.17, 15) is 4.79 Å². The van der Waals surface area contributed by atoms with Crippen molar-refractivity contribution in [2.75, 3.05) is 13.2 Å². The molecule has 1 amide bonds. The van der Waals surface area contributed by atoms with Crippen LogP contribution in [0.5, 0.6) is 0 Å². The molecule has 0 bridgehead atoms. The second-order valence-electron chi connectivity index (χ2n) is 7.34. The van der Waals surface area contributed by atoms with E-state index >= 15 is 0 Å². The van der Waals surface area contributed by atoms with Gasteiger partial charge in [0, 0.05) is 12.5 Å². The maximum atomic E-state index is 11.9. The molecule has 0 aliphatic carbocycles. The molecule has 23 heavy (non-hydrogen) atoms. The predicted octanol–water partition coefficient (Wildman–Crippen LogP) is 2.77. The number of carbonyl (C=O) groups is 1. The molecule has 0 radical (unpaired) electrons. The molecule has 2 aliphatic rings. The first kappa shape index (κ1) is 16.3. The standard InChI is InChI=1S/C18H25NO4/c1-11-5-7-12(8-6-11)13(15-16-14(22-16)10-21-15)9-19-17(20)23-18(2,3)4/h5-8,13-16H,9-10H2,1-4H3,(H,19,20)/t13-,14-,15-,16+/m0/s1. The largest absolute Gasteiger partial charge is 0.444 e. The molecule has 2 aliphatic heterocycles. The van der Waals surface area contributed by atoms with Gasteiger partial charge >= 0.3 is 6.09 Å². The van der Waals surface area contributed by atoms with E-state index in [1.54, 1.807) is 0 Å². The van der Waals surface area contributed by atoms with Crippen molar-refractivity contribution in [3.8, 4) is 0 Å². The minimum atomic E-state index is -0.502. The molecule has 126 valence electrons. The van der Waals surface area contributed by atoms with Crippen molar-refractivity contribution >= 4 is 6.09 Å². The monoisotopic (exact) mass is 319 g/mol. The molecule has 2 heterocycles. The molecule has 5 heteroatoms. The Balaban J connectivity index is 1.68. The highest BCUT2D eigenvalue weighted by Crippen LogP contribution is 2.41. The van der Waals surface area contributed by atoms with Gasteiger partial charge in [-0.1, -0.05) is 29.8 Å². The number of hydrogen-bond acceptors (Lipinski definition) is 4. The number of rotatable bonds is 4. The molecule has 2 saturated heterocycles. The zero-order valence-electron chi connectivity index (χ0n) is 14.2. The maximum absolute atomic E-state index is 11.9. The summed E-state index contributed by atoms with van der Waals surface area (Å²) >= 11 is 0. The summed E-state index contributed by atoms with van der Waals surface area (Å²) in [5, 5.41) is 2.87. The zero-order chi connectivity index (χ0) is 16.6. The van der Waals surface area contributed by atoms with Gasteiger partial charge in [-0.3, -0.25) is 0 Å². The van der Waals surface area contributed by atoms with Gasteiger partial charge in [0.25, 0.3) is 0 Å². The lowest BCUT2D eigenvalue weighted by atomic mass is 9.91. The molecule has 1 aromatic rings. The zero-order valence-corrected chi connectivity index (χ0v) is 14.2. The van der Waals surface area contributed by atoms with Crippen LogP contribution in [0.15, 0.2) is 24.3 Å². The Labute approximate surface area is 137 Å². The summed E-state index contributed by atoms with van der Waals surface area (Å²) in [6.45, 7) is 8.73. The third-order valence-electron chi connectivity index (χ3n) is 4.17. The number of aryl methyl sites for hydroxylation is 1. The van der Waals surface area contributed by atoms with Crippen LogP contribution in [0, 0.1) is 6.92 Å². The summed E-state index contributed by atoms with van der Waals surface area (Å²) in [6.07, 6.45) is -0.0327. The SMILES string of the molecule is Cc1ccc([C@H](CNC(=O)OC(C)(C)C)[C@@H]2OC[C@@H]3O[C@@H]23)cc1. The van der Waals surface area contributed by atoms with Crippen molar-refractivity contribution in [2.24, 2.45) is 0 Å². The minimum absolute atomic E-state index is 0.0161. The number of carbonyl (C=O) groups excluding carboxylic acids is 1. The van der Waals surface area contributed by atoms with Crippen molar-refractivity contribution in [1.82, 2.24) is 5.32 Å². The van der Waals surface area contributed by atoms with E-state index in [4.69, 9.17) is 14.2 Å². The molecule has 0 spiro atoms. The third kappa shape index (κ3) is 4.03. The molecule has 3 rings (SSSR count). The van der Waals surface area contributed by atoms with E-state index < -0.39 is 11.7 Å². The van der Waals surface area contributed by atoms with Crippen molar-refractivity contribution in [3.63, 3.8) is 0 Å². The summed E-state index contributed by atoms with van der Waals surface area (Å²) in [5.41, 5.74) is 1.85. The molecule has 1 aromatic carbocycles. The molecular weight excluding hydrogens is 294 g/mol. The van der Waals surface area contributed by atoms with E-state index in [1.165, 1.54) is 5.56 Å². The lowest BCUT2D eigenvalue weighted by Gasteiger charge is -2.26. The number of benzene rings is 1. The number of alkyl carbamates (subject to hydrolysis) is 1. The van der Waals surface area contributed by atoms with Crippen LogP contribution in [0.2, 0.25) is 0 Å². The summed E-state index contributed by atoms with van der Waals surface area (Å²) < 4.78 is 16.8. The van der Waals surface area contributed by atoms with Crippen molar-refractivity contribution < 1.29 is 19.0 Å². The molecule has 5 nitrogen and oxygen atoms in total. The molecular formula is C18H25NO4. The molecule has 0 aromatic heterocycles. The van der Waals surface area contributed by atoms with Crippen LogP contribution in [0.3, 0.4) is 0 Å². The van der Waals surface area contributed by atoms with Gasteiger partial charge < -0.3 is 19.5 Å². The molecule has 2 fully saturated rings. The molecule has 0 unspecified atom stereocenters. The normalized spacial score (nSPS) is 27.2. The Morgan fingerprint density at radius 2 is 2.04 bits per heavy atom. The van der Waals surface area contributed by atoms with Gasteiger partial charge in [0.2, 0.25) is 0 Å². The Bertz CT molecular complexity index is 563. The highest BCUT2D eigenvalue weighted by Gasteiger charge is 2.54. The van der Waals surface area contributed by atoms with Gasteiger partial charge in [0.05, 0.1) is 12.7 Å². The summed E-state index contributed by atoms with van der Waals surface area (Å²) in [4.78, 5) is 11.9. The predicted molar refractivity (Wildman–Crippen MR) is 86.6 cm³/mol. The summed E-state index contributed by atoms with van der Waals surface area (Å²) in [5.74, 6) is 0.0561. The van der Waals surface area contributed by atoms with Crippen molar-refractivity contribution in [1.29, 1.82) is 0 Å². The second-order valence-corrected chi connectivity index (χ2v) is 7.34. The third-order valence-corrected chi connectivity index (χ3v) is 4.17. The Morgan fingerprint density at radius 3 is 2.57 bits per heavy atom. The number of amides is 1. The number of hydrogen-bond donors (Lipinski definition) is 1. The summed E-state index contributed by atoms with van der Waals surface area (Å²) in [6, 6.07) is 8.34. The Hall–Kier alpha value is -1.59. The van der Waals surface area contributed by atoms with Crippen molar-refractivity contribution in [2.45, 2.75) is 57.5 Å². The lowest BCUT2D eigenvalue weighted by molar-refractivity contribution is 0.0112. The maximum Gasteiger partial charge on any atom is 0.407 e. The van der Waals surface area contributed by atoms with Gasteiger partial charge in [-0.2, -0.15) is 0 Å². The summed E-state index contributed by atoms with van der Waals surface area (Å²) in [7, 11) is 0. The van der Waals surface area contributed by atoms with E-state index in [-0.39, 0.29) is 24.2 Å². The van der Waals surface area contributed by atoms with Crippen LogP contribution in [0.1, 0.15) is 37.8 Å². The highest BCUT2D eigenvalue weighted by molar-refractivity contribution is 5.67. The van der Waals surface area contributed by atoms with Gasteiger partial charge in [-0.05, 0) is 33.3 Å². The van der Waals surface area contributed by atoms with E-state index in [0.717, 1.165) is 5.56 Å². The smallest absolute Gasteiger partial charge is 0.407 e. The van der Waals surface area contributed by atoms with E-state index in [1.807, 2.05) is 20.8 Å². The number of fused-ring (bicyclic) bond motifs is 1. The van der Waals surface area contributed by atoms with Gasteiger partial charge in [0.1, 0.15) is 17.8 Å². The van der Waals surface area contributed by atoms with E-state index in [2.05, 4.69) is 36.5 Å². The van der Waals surface area contributed by atoms with Crippen LogP contribution in [0.4, 0.5) is 4.79 Å². The number of ether oxygens (including phenoxy) is 3. The average molecular weight is 319 g/mol. The Morgan fingerprint density at radius 1 is 1.35 bits per heavy atom. The molecule has 0 saturated carbocycles. The first-order chi connectivity index (χ1) is 10.8. The van der Waals surface area contributed by atoms with Gasteiger partial charge in [-0.15, -0.1) is 0 Å². The number of epoxide rings is 1. The Kier molecular flexibility index (Phi) is 4.34. The van der Waals surface area contributed by atoms with Gasteiger partial charge in [-0.25, -0.2) is 4.79 Å². The fraction of sp³-hybridized carbons (Fsp3) is 0.611.